The SMILES string of the molecule is CCCCCCCC(=O)CCCCCC/C=C/C(C(=O)NC(Cc1ccc(OCCC)cc1)C(=O)O)C(O)(CC(=O)O)C(=O)O. The Bertz CT molecular complexity index is 1100. The number of carboxylic acids is 3. The zero-order chi connectivity index (χ0) is 33.7. The number of carboxylic acid groups (broad SMARTS) is 3. The van der Waals surface area contributed by atoms with Gasteiger partial charge in [0.25, 0.3) is 0 Å². The van der Waals surface area contributed by atoms with E-state index < -0.39 is 47.8 Å². The first-order chi connectivity index (χ1) is 21.4. The Balaban J connectivity index is 2.81. The summed E-state index contributed by atoms with van der Waals surface area (Å²) in [6.45, 7) is 4.63. The minimum absolute atomic E-state index is 0.142. The molecule has 0 bridgehead atoms. The molecule has 0 spiro atoms. The van der Waals surface area contributed by atoms with Crippen molar-refractivity contribution in [1.29, 1.82) is 0 Å². The van der Waals surface area contributed by atoms with Crippen LogP contribution in [0.2, 0.25) is 0 Å². The van der Waals surface area contributed by atoms with Crippen LogP contribution in [0.4, 0.5) is 0 Å². The second-order valence-corrected chi connectivity index (χ2v) is 11.5. The number of hydrogen-bond donors (Lipinski definition) is 5. The van der Waals surface area contributed by atoms with Crippen molar-refractivity contribution in [2.45, 2.75) is 122 Å². The highest BCUT2D eigenvalue weighted by Gasteiger charge is 2.49. The largest absolute Gasteiger partial charge is 0.494 e. The zero-order valence-electron chi connectivity index (χ0n) is 26.7. The maximum absolute atomic E-state index is 13.3. The van der Waals surface area contributed by atoms with Gasteiger partial charge in [0.05, 0.1) is 18.9 Å². The number of aliphatic hydroxyl groups is 1. The van der Waals surface area contributed by atoms with Crippen LogP contribution < -0.4 is 10.1 Å². The number of ketones is 1. The van der Waals surface area contributed by atoms with Crippen LogP contribution in [0, 0.1) is 5.92 Å². The minimum atomic E-state index is -3.01. The summed E-state index contributed by atoms with van der Waals surface area (Å²) in [5.74, 6) is -7.06. The lowest BCUT2D eigenvalue weighted by Gasteiger charge is -2.29. The van der Waals surface area contributed by atoms with Crippen LogP contribution in [-0.2, 0) is 30.4 Å². The number of carbonyl (C=O) groups excluding carboxylic acids is 2. The second kappa shape index (κ2) is 21.9. The summed E-state index contributed by atoms with van der Waals surface area (Å²) in [7, 11) is 0. The molecule has 0 radical (unpaired) electrons. The lowest BCUT2D eigenvalue weighted by molar-refractivity contribution is -0.172. The van der Waals surface area contributed by atoms with E-state index in [9.17, 15) is 44.4 Å². The standard InChI is InChI=1S/C34H51NO10/c1-3-5-6-9-12-15-26(36)16-13-10-7-8-11-14-17-28(34(44,33(42)43)24-30(37)38)31(39)35-29(32(40)41)23-25-18-20-27(21-19-25)45-22-4-2/h14,17-21,28-29,44H,3-13,15-16,22-24H2,1-2H3,(H,35,39)(H,37,38)(H,40,41)(H,42,43)/b17-14+. The first-order valence-electron chi connectivity index (χ1n) is 16.0. The van der Waals surface area contributed by atoms with Crippen molar-refractivity contribution < 1.29 is 49.1 Å². The molecule has 1 amide bonds. The maximum Gasteiger partial charge on any atom is 0.337 e. The molecule has 0 saturated heterocycles. The summed E-state index contributed by atoms with van der Waals surface area (Å²) in [6, 6.07) is 5.15. The highest BCUT2D eigenvalue weighted by Crippen LogP contribution is 2.26. The van der Waals surface area contributed by atoms with Crippen LogP contribution >= 0.6 is 0 Å². The van der Waals surface area contributed by atoms with E-state index in [2.05, 4.69) is 12.2 Å². The number of rotatable bonds is 26. The number of ether oxygens (including phenoxy) is 1. The summed E-state index contributed by atoms with van der Waals surface area (Å²) in [4.78, 5) is 60.7. The third-order valence-corrected chi connectivity index (χ3v) is 7.50. The highest BCUT2D eigenvalue weighted by molar-refractivity contribution is 5.94. The highest BCUT2D eigenvalue weighted by atomic mass is 16.5. The molecule has 1 aromatic rings. The number of carbonyl (C=O) groups is 5. The van der Waals surface area contributed by atoms with Gasteiger partial charge in [-0.2, -0.15) is 0 Å². The fourth-order valence-electron chi connectivity index (χ4n) is 4.87. The van der Waals surface area contributed by atoms with Gasteiger partial charge in [0.2, 0.25) is 5.91 Å². The topological polar surface area (TPSA) is 188 Å². The molecule has 0 fully saturated rings. The first kappa shape index (κ1) is 39.3. The Morgan fingerprint density at radius 2 is 1.44 bits per heavy atom. The first-order valence-corrected chi connectivity index (χ1v) is 16.0. The molecule has 0 saturated carbocycles. The molecule has 5 N–H and O–H groups in total. The van der Waals surface area contributed by atoms with E-state index in [1.807, 2.05) is 6.92 Å². The molecule has 252 valence electrons. The summed E-state index contributed by atoms with van der Waals surface area (Å²) in [5, 5.41) is 41.9. The second-order valence-electron chi connectivity index (χ2n) is 11.5. The number of nitrogens with one attached hydrogen (secondary N) is 1. The third kappa shape index (κ3) is 15.7. The van der Waals surface area contributed by atoms with E-state index >= 15 is 0 Å². The summed E-state index contributed by atoms with van der Waals surface area (Å²) in [5.41, 5.74) is -2.45. The van der Waals surface area contributed by atoms with Crippen molar-refractivity contribution in [3.63, 3.8) is 0 Å². The molecule has 45 heavy (non-hydrogen) atoms. The Morgan fingerprint density at radius 3 is 1.98 bits per heavy atom. The molecule has 0 aliphatic rings. The van der Waals surface area contributed by atoms with Crippen molar-refractivity contribution in [2.75, 3.05) is 6.61 Å². The smallest absolute Gasteiger partial charge is 0.337 e. The molecule has 1 aromatic carbocycles. The lowest BCUT2D eigenvalue weighted by Crippen LogP contribution is -2.55. The maximum atomic E-state index is 13.3. The number of allylic oxidation sites excluding steroid dienone is 1. The van der Waals surface area contributed by atoms with E-state index in [1.165, 1.54) is 12.5 Å². The van der Waals surface area contributed by atoms with Crippen LogP contribution in [0.15, 0.2) is 36.4 Å². The van der Waals surface area contributed by atoms with Crippen LogP contribution in [0.5, 0.6) is 5.75 Å². The Labute approximate surface area is 266 Å². The molecule has 1 rings (SSSR count). The van der Waals surface area contributed by atoms with Crippen molar-refractivity contribution in [3.8, 4) is 5.75 Å². The number of Topliss-reactive ketones (excluding diaryl/α,β-unsaturated/α-hetero) is 1. The van der Waals surface area contributed by atoms with Crippen LogP contribution in [0.1, 0.15) is 109 Å². The van der Waals surface area contributed by atoms with Crippen molar-refractivity contribution >= 4 is 29.6 Å². The van der Waals surface area contributed by atoms with Crippen molar-refractivity contribution in [3.05, 3.63) is 42.0 Å². The van der Waals surface area contributed by atoms with E-state index in [1.54, 1.807) is 24.3 Å². The van der Waals surface area contributed by atoms with Crippen LogP contribution in [0.3, 0.4) is 0 Å². The predicted molar refractivity (Wildman–Crippen MR) is 169 cm³/mol. The monoisotopic (exact) mass is 633 g/mol. The summed E-state index contributed by atoms with van der Waals surface area (Å²) < 4.78 is 5.52. The number of aliphatic carboxylic acids is 3. The molecule has 0 aliphatic carbocycles. The van der Waals surface area contributed by atoms with Gasteiger partial charge in [-0.25, -0.2) is 9.59 Å². The van der Waals surface area contributed by atoms with Gasteiger partial charge >= 0.3 is 17.9 Å². The molecular weight excluding hydrogens is 582 g/mol. The number of amides is 1. The zero-order valence-corrected chi connectivity index (χ0v) is 26.7. The summed E-state index contributed by atoms with van der Waals surface area (Å²) >= 11 is 0. The third-order valence-electron chi connectivity index (χ3n) is 7.50. The van der Waals surface area contributed by atoms with E-state index in [0.29, 0.717) is 43.6 Å². The number of benzene rings is 1. The molecule has 0 aromatic heterocycles. The van der Waals surface area contributed by atoms with Gasteiger partial charge in [-0.3, -0.25) is 14.4 Å². The Morgan fingerprint density at radius 1 is 0.844 bits per heavy atom. The van der Waals surface area contributed by atoms with Gasteiger partial charge in [-0.1, -0.05) is 76.7 Å². The molecule has 11 nitrogen and oxygen atoms in total. The fourth-order valence-corrected chi connectivity index (χ4v) is 4.87. The quantitative estimate of drug-likeness (QED) is 0.0660. The van der Waals surface area contributed by atoms with Crippen molar-refractivity contribution in [1.82, 2.24) is 5.32 Å². The van der Waals surface area contributed by atoms with Gasteiger partial charge < -0.3 is 30.5 Å². The predicted octanol–water partition coefficient (Wildman–Crippen LogP) is 5.32. The van der Waals surface area contributed by atoms with Gasteiger partial charge in [0, 0.05) is 19.3 Å². The van der Waals surface area contributed by atoms with E-state index in [4.69, 9.17) is 4.74 Å². The number of hydrogen-bond acceptors (Lipinski definition) is 7. The van der Waals surface area contributed by atoms with Gasteiger partial charge in [0.15, 0.2) is 5.60 Å². The molecule has 3 atom stereocenters. The van der Waals surface area contributed by atoms with Gasteiger partial charge in [-0.15, -0.1) is 0 Å². The summed E-state index contributed by atoms with van der Waals surface area (Å²) in [6.07, 6.45) is 12.1. The van der Waals surface area contributed by atoms with Crippen LogP contribution in [-0.4, -0.2) is 68.3 Å². The van der Waals surface area contributed by atoms with Crippen molar-refractivity contribution in [2.24, 2.45) is 5.92 Å². The minimum Gasteiger partial charge on any atom is -0.494 e. The normalized spacial score (nSPS) is 13.9. The fraction of sp³-hybridized carbons (Fsp3) is 0.618. The Kier molecular flexibility index (Phi) is 19.1. The average Bonchev–Trinajstić information content (AvgIpc) is 2.98. The van der Waals surface area contributed by atoms with Gasteiger partial charge in [0.1, 0.15) is 17.6 Å². The molecular formula is C34H51NO10. The van der Waals surface area contributed by atoms with E-state index in [0.717, 1.165) is 57.4 Å². The van der Waals surface area contributed by atoms with Crippen LogP contribution in [0.25, 0.3) is 0 Å². The molecule has 0 heterocycles. The molecule has 0 aliphatic heterocycles. The number of unbranched alkanes of at least 4 members (excludes halogenated alkanes) is 8. The molecule has 11 heteroatoms. The van der Waals surface area contributed by atoms with E-state index in [-0.39, 0.29) is 12.2 Å². The molecule has 3 unspecified atom stereocenters. The Hall–Kier alpha value is -3.73. The van der Waals surface area contributed by atoms with Gasteiger partial charge in [-0.05, 0) is 49.8 Å². The lowest BCUT2D eigenvalue weighted by atomic mass is 9.82. The average molecular weight is 634 g/mol.